The van der Waals surface area contributed by atoms with Gasteiger partial charge >= 0.3 is 0 Å². The normalized spacial score (nSPS) is 14.5. The summed E-state index contributed by atoms with van der Waals surface area (Å²) in [6, 6.07) is 69.3. The van der Waals surface area contributed by atoms with Gasteiger partial charge in [0.15, 0.2) is 0 Å². The van der Waals surface area contributed by atoms with Crippen molar-refractivity contribution in [3.8, 4) is 33.4 Å². The summed E-state index contributed by atoms with van der Waals surface area (Å²) in [7, 11) is 0. The zero-order valence-corrected chi connectivity index (χ0v) is 34.1. The van der Waals surface area contributed by atoms with Crippen molar-refractivity contribution >= 4 is 0 Å². The molecule has 1 unspecified atom stereocenters. The molecule has 8 aromatic rings. The molecule has 0 heterocycles. The Kier molecular flexibility index (Phi) is 11.2. The molecule has 0 saturated carbocycles. The molecule has 284 valence electrons. The number of fused-ring (bicyclic) bond motifs is 8. The van der Waals surface area contributed by atoms with Crippen molar-refractivity contribution in [2.45, 2.75) is 51.9 Å². The Morgan fingerprint density at radius 3 is 1.50 bits per heavy atom. The number of aryl methyl sites for hydroxylation is 5. The van der Waals surface area contributed by atoms with Gasteiger partial charge < -0.3 is 0 Å². The van der Waals surface area contributed by atoms with Crippen molar-refractivity contribution in [1.82, 2.24) is 0 Å². The molecule has 0 radical (unpaired) electrons. The molecule has 1 atom stereocenters. The molecule has 0 heteroatoms. The van der Waals surface area contributed by atoms with Crippen LogP contribution in [0.1, 0.15) is 61.2 Å². The molecule has 58 heavy (non-hydrogen) atoms. The molecule has 0 aromatic heterocycles. The van der Waals surface area contributed by atoms with Gasteiger partial charge in [-0.2, -0.15) is 0 Å². The fraction of sp³-hybridized carbons (Fsp3) is 0.138. The second kappa shape index (κ2) is 16.9. The van der Waals surface area contributed by atoms with Crippen LogP contribution in [0, 0.1) is 20.8 Å². The predicted octanol–water partition coefficient (Wildman–Crippen LogP) is 14.7. The third-order valence-corrected chi connectivity index (χ3v) is 12.3. The molecule has 10 rings (SSSR count). The average Bonchev–Trinajstić information content (AvgIpc) is 3.55. The molecule has 0 nitrogen and oxygen atoms in total. The van der Waals surface area contributed by atoms with E-state index in [0.29, 0.717) is 0 Å². The minimum Gasteiger partial charge on any atom is -0.106 e. The molecular formula is C58H52. The van der Waals surface area contributed by atoms with Crippen LogP contribution < -0.4 is 0 Å². The maximum absolute atomic E-state index is 3.00. The van der Waals surface area contributed by atoms with Crippen LogP contribution in [0.2, 0.25) is 0 Å². The van der Waals surface area contributed by atoms with Crippen LogP contribution in [0.5, 0.6) is 0 Å². The molecule has 0 fully saturated rings. The maximum Gasteiger partial charge on any atom is 0.0506 e. The van der Waals surface area contributed by atoms with Crippen LogP contribution in [-0.4, -0.2) is 0 Å². The van der Waals surface area contributed by atoms with E-state index < -0.39 is 0 Å². The van der Waals surface area contributed by atoms with Crippen molar-refractivity contribution in [3.05, 3.63) is 262 Å². The van der Waals surface area contributed by atoms with Gasteiger partial charge in [-0.05, 0) is 135 Å². The van der Waals surface area contributed by atoms with E-state index in [9.17, 15) is 0 Å². The van der Waals surface area contributed by atoms with Crippen molar-refractivity contribution in [2.24, 2.45) is 0 Å². The monoisotopic (exact) mass is 748 g/mol. The SMILES string of the molecule is C=C.Cc1ccc(-c2ccccc2)cc1Cc1cc(-c2ccccc2)ccc1C.Cc1ccc2c(c1)-c1ccccc1C21Cc2ccccc2CCc2ccccc21. The van der Waals surface area contributed by atoms with Crippen LogP contribution >= 0.6 is 0 Å². The summed E-state index contributed by atoms with van der Waals surface area (Å²) in [4.78, 5) is 0. The summed E-state index contributed by atoms with van der Waals surface area (Å²) in [5.74, 6) is 0. The summed E-state index contributed by atoms with van der Waals surface area (Å²) in [6.45, 7) is 12.6. The van der Waals surface area contributed by atoms with Crippen LogP contribution in [0.25, 0.3) is 33.4 Å². The van der Waals surface area contributed by atoms with Gasteiger partial charge in [0.25, 0.3) is 0 Å². The molecule has 0 amide bonds. The molecule has 0 aliphatic heterocycles. The number of rotatable bonds is 4. The predicted molar refractivity (Wildman–Crippen MR) is 248 cm³/mol. The Hall–Kier alpha value is -6.50. The first-order valence-corrected chi connectivity index (χ1v) is 20.6. The minimum atomic E-state index is -0.118. The molecule has 0 N–H and O–H groups in total. The number of hydrogen-bond acceptors (Lipinski definition) is 0. The molecule has 2 aliphatic carbocycles. The lowest BCUT2D eigenvalue weighted by molar-refractivity contribution is 0.607. The van der Waals surface area contributed by atoms with Gasteiger partial charge in [0, 0.05) is 0 Å². The Morgan fingerprint density at radius 2 is 0.879 bits per heavy atom. The average molecular weight is 749 g/mol. The largest absolute Gasteiger partial charge is 0.106 e. The third kappa shape index (κ3) is 7.39. The summed E-state index contributed by atoms with van der Waals surface area (Å²) < 4.78 is 0. The van der Waals surface area contributed by atoms with Gasteiger partial charge in [0.05, 0.1) is 5.41 Å². The first-order chi connectivity index (χ1) is 28.5. The molecule has 2 aliphatic rings. The third-order valence-electron chi connectivity index (χ3n) is 12.3. The standard InChI is InChI=1S/C29H24.C27H24.C2H4/c1-20-14-17-28-25(18-20)24-11-5-7-13-27(24)29(28)19-23-10-3-2-8-21(23)15-16-22-9-4-6-12-26(22)29;1-20-13-15-24(22-9-5-3-6-10-22)17-26(20)19-27-18-25(16-14-21(27)2)23-11-7-4-8-12-23;1-2/h2-14,17-18H,15-16,19H2,1H3;3-18H,19H2,1-2H3;1-2H2. The lowest BCUT2D eigenvalue weighted by Crippen LogP contribution is -2.32. The molecular weight excluding hydrogens is 697 g/mol. The Bertz CT molecular complexity index is 2590. The van der Waals surface area contributed by atoms with E-state index in [2.05, 4.69) is 222 Å². The lowest BCUT2D eigenvalue weighted by Gasteiger charge is -2.37. The fourth-order valence-corrected chi connectivity index (χ4v) is 9.30. The Labute approximate surface area is 346 Å². The summed E-state index contributed by atoms with van der Waals surface area (Å²) in [5, 5.41) is 0. The van der Waals surface area contributed by atoms with E-state index in [-0.39, 0.29) is 5.41 Å². The van der Waals surface area contributed by atoms with Crippen molar-refractivity contribution in [3.63, 3.8) is 0 Å². The van der Waals surface area contributed by atoms with Crippen LogP contribution in [0.3, 0.4) is 0 Å². The van der Waals surface area contributed by atoms with Gasteiger partial charge in [-0.3, -0.25) is 0 Å². The second-order valence-corrected chi connectivity index (χ2v) is 15.8. The van der Waals surface area contributed by atoms with E-state index in [1.165, 1.54) is 94.6 Å². The highest BCUT2D eigenvalue weighted by molar-refractivity contribution is 5.84. The smallest absolute Gasteiger partial charge is 0.0506 e. The summed E-state index contributed by atoms with van der Waals surface area (Å²) >= 11 is 0. The lowest BCUT2D eigenvalue weighted by atomic mass is 9.65. The van der Waals surface area contributed by atoms with E-state index >= 15 is 0 Å². The zero-order chi connectivity index (χ0) is 40.1. The van der Waals surface area contributed by atoms with Gasteiger partial charge in [0.2, 0.25) is 0 Å². The van der Waals surface area contributed by atoms with Crippen molar-refractivity contribution < 1.29 is 0 Å². The highest BCUT2D eigenvalue weighted by Crippen LogP contribution is 2.55. The molecule has 8 aromatic carbocycles. The van der Waals surface area contributed by atoms with E-state index in [4.69, 9.17) is 0 Å². The summed E-state index contributed by atoms with van der Waals surface area (Å²) in [6.07, 6.45) is 4.19. The van der Waals surface area contributed by atoms with Gasteiger partial charge in [-0.25, -0.2) is 0 Å². The highest BCUT2D eigenvalue weighted by Gasteiger charge is 2.46. The highest BCUT2D eigenvalue weighted by atomic mass is 14.5. The first kappa shape index (κ1) is 38.4. The maximum atomic E-state index is 3.00. The van der Waals surface area contributed by atoms with Crippen LogP contribution in [-0.2, 0) is 31.1 Å². The second-order valence-electron chi connectivity index (χ2n) is 15.8. The Morgan fingerprint density at radius 1 is 0.397 bits per heavy atom. The zero-order valence-electron chi connectivity index (χ0n) is 34.1. The van der Waals surface area contributed by atoms with Gasteiger partial charge in [-0.15, -0.1) is 13.2 Å². The summed E-state index contributed by atoms with van der Waals surface area (Å²) in [5.41, 5.74) is 23.5. The van der Waals surface area contributed by atoms with Gasteiger partial charge in [0.1, 0.15) is 0 Å². The fourth-order valence-electron chi connectivity index (χ4n) is 9.30. The van der Waals surface area contributed by atoms with E-state index in [0.717, 1.165) is 25.7 Å². The number of hydrogen-bond donors (Lipinski definition) is 0. The van der Waals surface area contributed by atoms with E-state index in [1.54, 1.807) is 0 Å². The van der Waals surface area contributed by atoms with Crippen LogP contribution in [0.4, 0.5) is 0 Å². The Balaban J connectivity index is 0.000000156. The van der Waals surface area contributed by atoms with Crippen molar-refractivity contribution in [2.75, 3.05) is 0 Å². The molecule has 1 spiro atoms. The quantitative estimate of drug-likeness (QED) is 0.157. The first-order valence-electron chi connectivity index (χ1n) is 20.6. The van der Waals surface area contributed by atoms with Crippen LogP contribution in [0.15, 0.2) is 201 Å². The topological polar surface area (TPSA) is 0 Å². The molecule has 0 bridgehead atoms. The number of benzene rings is 8. The van der Waals surface area contributed by atoms with Gasteiger partial charge in [-0.1, -0.05) is 194 Å². The van der Waals surface area contributed by atoms with E-state index in [1.807, 2.05) is 0 Å². The van der Waals surface area contributed by atoms with Crippen molar-refractivity contribution in [1.29, 1.82) is 0 Å². The molecule has 0 saturated heterocycles. The minimum absolute atomic E-state index is 0.118.